The minimum Gasteiger partial charge on any atom is -0.464 e. The number of esters is 1. The van der Waals surface area contributed by atoms with Crippen molar-refractivity contribution in [1.29, 1.82) is 0 Å². The number of carbonyl (C=O) groups excluding carboxylic acids is 2. The van der Waals surface area contributed by atoms with Crippen LogP contribution in [0.25, 0.3) is 22.5 Å². The number of aromatic amines is 1. The average molecular weight is 547 g/mol. The van der Waals surface area contributed by atoms with E-state index in [2.05, 4.69) is 20.5 Å². The van der Waals surface area contributed by atoms with E-state index in [-0.39, 0.29) is 24.6 Å². The summed E-state index contributed by atoms with van der Waals surface area (Å²) in [7, 11) is 0. The average Bonchev–Trinajstić information content (AvgIpc) is 3.43. The maximum Gasteiger partial charge on any atom is 0.335 e. The Morgan fingerprint density at radius 2 is 1.79 bits per heavy atom. The number of benzene rings is 2. The zero-order chi connectivity index (χ0) is 27.8. The van der Waals surface area contributed by atoms with Gasteiger partial charge in [-0.05, 0) is 59.4 Å². The van der Waals surface area contributed by atoms with Gasteiger partial charge in [0.25, 0.3) is 5.91 Å². The fourth-order valence-electron chi connectivity index (χ4n) is 4.04. The summed E-state index contributed by atoms with van der Waals surface area (Å²) in [6, 6.07) is 21.9. The number of rotatable bonds is 11. The van der Waals surface area contributed by atoms with Crippen LogP contribution >= 0.6 is 11.6 Å². The van der Waals surface area contributed by atoms with Gasteiger partial charge in [0.15, 0.2) is 6.10 Å². The molecule has 0 aliphatic carbocycles. The van der Waals surface area contributed by atoms with Crippen LogP contribution in [0.15, 0.2) is 79.0 Å². The van der Waals surface area contributed by atoms with Crippen LogP contribution in [0.1, 0.15) is 36.3 Å². The van der Waals surface area contributed by atoms with E-state index in [0.29, 0.717) is 22.8 Å². The Balaban J connectivity index is 1.49. The largest absolute Gasteiger partial charge is 0.464 e. The van der Waals surface area contributed by atoms with E-state index < -0.39 is 24.0 Å². The van der Waals surface area contributed by atoms with Crippen molar-refractivity contribution < 1.29 is 19.4 Å². The molecule has 4 rings (SSSR count). The molecule has 1 amide bonds. The molecule has 2 atom stereocenters. The fourth-order valence-corrected chi connectivity index (χ4v) is 4.23. The number of H-pyrrole nitrogens is 1. The van der Waals surface area contributed by atoms with Crippen LogP contribution in [0.3, 0.4) is 0 Å². The van der Waals surface area contributed by atoms with E-state index in [1.165, 1.54) is 0 Å². The minimum atomic E-state index is -1.38. The number of amides is 1. The molecule has 0 bridgehead atoms. The molecule has 2 aromatic heterocycles. The molecule has 9 heteroatoms. The highest BCUT2D eigenvalue weighted by molar-refractivity contribution is 6.30. The van der Waals surface area contributed by atoms with Crippen molar-refractivity contribution in [2.45, 2.75) is 38.8 Å². The fraction of sp³-hybridized carbons (Fsp3) is 0.267. The van der Waals surface area contributed by atoms with Crippen molar-refractivity contribution in [3.05, 3.63) is 95.3 Å². The van der Waals surface area contributed by atoms with Gasteiger partial charge in [-0.15, -0.1) is 0 Å². The minimum absolute atomic E-state index is 0.0139. The number of carbonyl (C=O) groups is 2. The third kappa shape index (κ3) is 7.99. The Morgan fingerprint density at radius 1 is 1.00 bits per heavy atom. The number of hydrogen-bond donors (Lipinski definition) is 3. The molecule has 2 heterocycles. The number of aliphatic hydroxyl groups excluding tert-OH is 1. The molecule has 0 aliphatic rings. The molecule has 39 heavy (non-hydrogen) atoms. The van der Waals surface area contributed by atoms with Gasteiger partial charge in [-0.3, -0.25) is 14.9 Å². The molecule has 0 radical (unpaired) electrons. The lowest BCUT2D eigenvalue weighted by Crippen LogP contribution is -2.41. The van der Waals surface area contributed by atoms with Crippen molar-refractivity contribution in [2.24, 2.45) is 5.92 Å². The molecule has 0 fully saturated rings. The van der Waals surface area contributed by atoms with Crippen LogP contribution in [-0.4, -0.2) is 50.9 Å². The lowest BCUT2D eigenvalue weighted by molar-refractivity contribution is -0.155. The zero-order valence-corrected chi connectivity index (χ0v) is 22.6. The van der Waals surface area contributed by atoms with E-state index >= 15 is 0 Å². The molecule has 202 valence electrons. The standard InChI is InChI=1S/C30H31ClN4O4/c1-19(2)18-39-30(38)28(36)16-24(14-20-9-11-21(12-10-20)22-6-5-7-23(31)15-22)33-29(37)27-17-26(34-35-27)25-8-3-4-13-32-25/h3-13,15,17,19,24,28,36H,14,16,18H2,1-2H3,(H,33,37)(H,34,35)/t24-,28-/m1/s1. The Bertz CT molecular complexity index is 1390. The maximum atomic E-state index is 13.1. The van der Waals surface area contributed by atoms with Crippen LogP contribution in [0.4, 0.5) is 0 Å². The van der Waals surface area contributed by atoms with Gasteiger partial charge >= 0.3 is 5.97 Å². The zero-order valence-electron chi connectivity index (χ0n) is 21.8. The summed E-state index contributed by atoms with van der Waals surface area (Å²) in [6.07, 6.45) is 0.639. The molecular weight excluding hydrogens is 516 g/mol. The third-order valence-corrected chi connectivity index (χ3v) is 6.25. The Morgan fingerprint density at radius 3 is 2.49 bits per heavy atom. The summed E-state index contributed by atoms with van der Waals surface area (Å²) in [5, 5.41) is 21.1. The number of nitrogens with one attached hydrogen (secondary N) is 2. The van der Waals surface area contributed by atoms with Gasteiger partial charge in [0.2, 0.25) is 0 Å². The molecule has 0 spiro atoms. The molecule has 0 aliphatic heterocycles. The van der Waals surface area contributed by atoms with E-state index in [9.17, 15) is 14.7 Å². The van der Waals surface area contributed by atoms with Crippen molar-refractivity contribution in [2.75, 3.05) is 6.61 Å². The number of aliphatic hydroxyl groups is 1. The van der Waals surface area contributed by atoms with Gasteiger partial charge in [-0.1, -0.05) is 67.9 Å². The smallest absolute Gasteiger partial charge is 0.335 e. The second-order valence-electron chi connectivity index (χ2n) is 9.74. The second kappa shape index (κ2) is 13.2. The van der Waals surface area contributed by atoms with Crippen LogP contribution < -0.4 is 5.32 Å². The van der Waals surface area contributed by atoms with Crippen LogP contribution in [0.2, 0.25) is 5.02 Å². The first-order valence-corrected chi connectivity index (χ1v) is 13.1. The first-order chi connectivity index (χ1) is 18.8. The summed E-state index contributed by atoms with van der Waals surface area (Å²) in [6.45, 7) is 4.04. The predicted molar refractivity (Wildman–Crippen MR) is 150 cm³/mol. The van der Waals surface area contributed by atoms with Crippen molar-refractivity contribution in [1.82, 2.24) is 20.5 Å². The number of halogens is 1. The third-order valence-electron chi connectivity index (χ3n) is 6.02. The van der Waals surface area contributed by atoms with Gasteiger partial charge in [0.1, 0.15) is 11.4 Å². The number of nitrogens with zero attached hydrogens (tertiary/aromatic N) is 2. The van der Waals surface area contributed by atoms with E-state index in [4.69, 9.17) is 16.3 Å². The van der Waals surface area contributed by atoms with Gasteiger partial charge in [0, 0.05) is 23.7 Å². The van der Waals surface area contributed by atoms with E-state index in [1.54, 1.807) is 24.4 Å². The van der Waals surface area contributed by atoms with Gasteiger partial charge < -0.3 is 15.2 Å². The topological polar surface area (TPSA) is 117 Å². The second-order valence-corrected chi connectivity index (χ2v) is 10.2. The quantitative estimate of drug-likeness (QED) is 0.226. The summed E-state index contributed by atoms with van der Waals surface area (Å²) >= 11 is 6.13. The SMILES string of the molecule is CC(C)COC(=O)[C@H](O)C[C@@H](Cc1ccc(-c2cccc(Cl)c2)cc1)NC(=O)c1cc(-c2ccccn2)n[nH]1. The number of pyridine rings is 1. The first-order valence-electron chi connectivity index (χ1n) is 12.8. The highest BCUT2D eigenvalue weighted by Gasteiger charge is 2.25. The van der Waals surface area contributed by atoms with Gasteiger partial charge in [0.05, 0.1) is 12.3 Å². The van der Waals surface area contributed by atoms with E-state index in [0.717, 1.165) is 16.7 Å². The lowest BCUT2D eigenvalue weighted by Gasteiger charge is -2.21. The number of aromatic nitrogens is 3. The lowest BCUT2D eigenvalue weighted by atomic mass is 9.97. The molecule has 0 saturated heterocycles. The molecule has 4 aromatic rings. The van der Waals surface area contributed by atoms with Crippen LogP contribution in [0.5, 0.6) is 0 Å². The number of ether oxygens (including phenoxy) is 1. The predicted octanol–water partition coefficient (Wildman–Crippen LogP) is 5.08. The van der Waals surface area contributed by atoms with Gasteiger partial charge in [-0.25, -0.2) is 4.79 Å². The summed E-state index contributed by atoms with van der Waals surface area (Å²) in [5.41, 5.74) is 4.32. The molecule has 2 aromatic carbocycles. The van der Waals surface area contributed by atoms with Crippen LogP contribution in [-0.2, 0) is 16.0 Å². The van der Waals surface area contributed by atoms with Crippen LogP contribution in [0, 0.1) is 5.92 Å². The summed E-state index contributed by atoms with van der Waals surface area (Å²) in [5.74, 6) is -0.977. The maximum absolute atomic E-state index is 13.1. The van der Waals surface area contributed by atoms with Crippen molar-refractivity contribution >= 4 is 23.5 Å². The summed E-state index contributed by atoms with van der Waals surface area (Å²) in [4.78, 5) is 29.7. The summed E-state index contributed by atoms with van der Waals surface area (Å²) < 4.78 is 5.20. The Labute approximate surface area is 232 Å². The highest BCUT2D eigenvalue weighted by Crippen LogP contribution is 2.24. The van der Waals surface area contributed by atoms with E-state index in [1.807, 2.05) is 68.4 Å². The molecule has 8 nitrogen and oxygen atoms in total. The van der Waals surface area contributed by atoms with Crippen molar-refractivity contribution in [3.63, 3.8) is 0 Å². The van der Waals surface area contributed by atoms with Crippen molar-refractivity contribution in [3.8, 4) is 22.5 Å². The van der Waals surface area contributed by atoms with Gasteiger partial charge in [-0.2, -0.15) is 5.10 Å². The Kier molecular flexibility index (Phi) is 9.46. The normalized spacial score (nSPS) is 12.6. The highest BCUT2D eigenvalue weighted by atomic mass is 35.5. The molecule has 0 saturated carbocycles. The molecule has 3 N–H and O–H groups in total. The number of hydrogen-bond acceptors (Lipinski definition) is 6. The Hall–Kier alpha value is -4.01. The molecular formula is C30H31ClN4O4. The molecule has 0 unspecified atom stereocenters. The monoisotopic (exact) mass is 546 g/mol. The first kappa shape index (κ1) is 28.0.